The first-order chi connectivity index (χ1) is 22.0. The van der Waals surface area contributed by atoms with Gasteiger partial charge in [-0.3, -0.25) is 9.55 Å². The summed E-state index contributed by atoms with van der Waals surface area (Å²) in [5, 5.41) is 4.85. The topological polar surface area (TPSA) is 30.7 Å². The van der Waals surface area contributed by atoms with Crippen LogP contribution in [0.1, 0.15) is 5.82 Å². The molecule has 8 aromatic rings. The summed E-state index contributed by atoms with van der Waals surface area (Å²) in [6.45, 7) is 0. The maximum Gasteiger partial charge on any atom is 0.0994 e. The zero-order chi connectivity index (χ0) is 30.5. The third kappa shape index (κ3) is 4.65. The first kappa shape index (κ1) is 27.2. The van der Waals surface area contributed by atoms with Crippen molar-refractivity contribution in [2.75, 3.05) is 0 Å². The third-order valence-electron chi connectivity index (χ3n) is 8.72. The molecule has 0 radical (unpaired) electrons. The van der Waals surface area contributed by atoms with Crippen molar-refractivity contribution in [2.45, 2.75) is 5.11 Å². The first-order valence-electron chi connectivity index (χ1n) is 15.5. The van der Waals surface area contributed by atoms with E-state index in [1.807, 2.05) is 18.5 Å². The molecule has 0 unspecified atom stereocenters. The molecule has 2 heterocycles. The Morgan fingerprint density at radius 1 is 0.511 bits per heavy atom. The monoisotopic (exact) mass is 573 g/mol. The molecule has 45 heavy (non-hydrogen) atoms. The van der Waals surface area contributed by atoms with Crippen molar-refractivity contribution in [1.29, 1.82) is 0 Å². The summed E-state index contributed by atoms with van der Waals surface area (Å²) in [6.07, 6.45) is 3.73. The van der Waals surface area contributed by atoms with Crippen LogP contribution in [0.2, 0.25) is 0 Å². The van der Waals surface area contributed by atoms with Gasteiger partial charge in [0.1, 0.15) is 0 Å². The molecule has 0 aliphatic heterocycles. The summed E-state index contributed by atoms with van der Waals surface area (Å²) in [4.78, 5) is 9.40. The zero-order valence-electron chi connectivity index (χ0n) is 25.7. The molecule has 6 aromatic carbocycles. The van der Waals surface area contributed by atoms with Crippen LogP contribution in [0.15, 0.2) is 146 Å². The molecular formula is C39H30B3N3. The molecule has 0 aliphatic rings. The zero-order valence-corrected chi connectivity index (χ0v) is 25.7. The van der Waals surface area contributed by atoms with Gasteiger partial charge in [0.15, 0.2) is 0 Å². The van der Waals surface area contributed by atoms with E-state index in [4.69, 9.17) is 4.98 Å². The van der Waals surface area contributed by atoms with Crippen LogP contribution < -0.4 is 0 Å². The molecule has 0 aliphatic carbocycles. The van der Waals surface area contributed by atoms with Crippen LogP contribution >= 0.6 is 0 Å². The van der Waals surface area contributed by atoms with E-state index < -0.39 is 0 Å². The molecule has 6 heteroatoms. The molecule has 8 rings (SSSR count). The van der Waals surface area contributed by atoms with Gasteiger partial charge in [-0.1, -0.05) is 108 Å². The minimum Gasteiger partial charge on any atom is -0.298 e. The number of pyridine rings is 1. The predicted octanol–water partition coefficient (Wildman–Crippen LogP) is 6.74. The molecule has 0 bridgehead atoms. The lowest BCUT2D eigenvalue weighted by Crippen LogP contribution is -2.31. The Balaban J connectivity index is 1.36. The molecule has 0 N–H and O–H groups in total. The smallest absolute Gasteiger partial charge is 0.0994 e. The van der Waals surface area contributed by atoms with Gasteiger partial charge in [-0.05, 0) is 85.3 Å². The van der Waals surface area contributed by atoms with Crippen molar-refractivity contribution in [2.24, 2.45) is 0 Å². The van der Waals surface area contributed by atoms with E-state index in [1.54, 1.807) is 0 Å². The Bertz CT molecular complexity index is 2300. The maximum atomic E-state index is 5.09. The van der Waals surface area contributed by atoms with Gasteiger partial charge in [0, 0.05) is 18.1 Å². The van der Waals surface area contributed by atoms with Gasteiger partial charge < -0.3 is 0 Å². The van der Waals surface area contributed by atoms with Gasteiger partial charge in [0.25, 0.3) is 0 Å². The summed E-state index contributed by atoms with van der Waals surface area (Å²) in [5.41, 5.74) is 10.4. The number of imidazole rings is 1. The minimum atomic E-state index is -0.122. The SMILES string of the molecule is BC(B)(B)c1nc2ccccc2n1-c1cccc(-c2c3ccccc3c(-c3ccc(-c4cccnc4)cc3)c3ccccc23)c1. The highest BCUT2D eigenvalue weighted by Crippen LogP contribution is 2.44. The van der Waals surface area contributed by atoms with Crippen LogP contribution in [0.3, 0.4) is 0 Å². The Hall–Kier alpha value is -5.35. The van der Waals surface area contributed by atoms with Crippen molar-refractivity contribution < 1.29 is 0 Å². The second kappa shape index (κ2) is 10.7. The van der Waals surface area contributed by atoms with Gasteiger partial charge in [0.05, 0.1) is 40.4 Å². The second-order valence-corrected chi connectivity index (χ2v) is 12.7. The number of hydrogen-bond acceptors (Lipinski definition) is 2. The van der Waals surface area contributed by atoms with Crippen LogP contribution in [-0.4, -0.2) is 38.1 Å². The van der Waals surface area contributed by atoms with Gasteiger partial charge in [-0.15, -0.1) is 0 Å². The summed E-state index contributed by atoms with van der Waals surface area (Å²) in [5.74, 6) is 1.06. The maximum absolute atomic E-state index is 5.09. The Morgan fingerprint density at radius 2 is 1.09 bits per heavy atom. The molecular weight excluding hydrogens is 543 g/mol. The lowest BCUT2D eigenvalue weighted by Gasteiger charge is -2.21. The molecule has 3 nitrogen and oxygen atoms in total. The molecule has 0 amide bonds. The van der Waals surface area contributed by atoms with Crippen LogP contribution in [0.4, 0.5) is 0 Å². The number of hydrogen-bond donors (Lipinski definition) is 0. The average Bonchev–Trinajstić information content (AvgIpc) is 3.48. The second-order valence-electron chi connectivity index (χ2n) is 12.7. The fourth-order valence-corrected chi connectivity index (χ4v) is 6.70. The fourth-order valence-electron chi connectivity index (χ4n) is 6.70. The molecule has 0 atom stereocenters. The molecule has 210 valence electrons. The summed E-state index contributed by atoms with van der Waals surface area (Å²) in [7, 11) is 6.70. The van der Waals surface area contributed by atoms with Gasteiger partial charge >= 0.3 is 0 Å². The van der Waals surface area contributed by atoms with E-state index >= 15 is 0 Å². The van der Waals surface area contributed by atoms with E-state index in [0.29, 0.717) is 0 Å². The van der Waals surface area contributed by atoms with Gasteiger partial charge in [-0.25, -0.2) is 4.98 Å². The quantitative estimate of drug-likeness (QED) is 0.169. The highest BCUT2D eigenvalue weighted by Gasteiger charge is 2.24. The van der Waals surface area contributed by atoms with E-state index in [0.717, 1.165) is 33.7 Å². The summed E-state index contributed by atoms with van der Waals surface area (Å²) < 4.78 is 2.33. The number of rotatable bonds is 5. The number of fused-ring (bicyclic) bond motifs is 3. The van der Waals surface area contributed by atoms with Crippen molar-refractivity contribution in [3.8, 4) is 39.1 Å². The molecule has 0 spiro atoms. The molecule has 0 fully saturated rings. The van der Waals surface area contributed by atoms with Crippen LogP contribution in [-0.2, 0) is 5.11 Å². The largest absolute Gasteiger partial charge is 0.298 e. The van der Waals surface area contributed by atoms with Crippen molar-refractivity contribution in [3.05, 3.63) is 152 Å². The number of nitrogens with zero attached hydrogens (tertiary/aromatic N) is 3. The van der Waals surface area contributed by atoms with Crippen LogP contribution in [0.5, 0.6) is 0 Å². The Morgan fingerprint density at radius 3 is 1.71 bits per heavy atom. The van der Waals surface area contributed by atoms with Gasteiger partial charge in [0.2, 0.25) is 0 Å². The number of aromatic nitrogens is 3. The molecule has 0 saturated heterocycles. The summed E-state index contributed by atoms with van der Waals surface area (Å²) in [6, 6.07) is 48.1. The lowest BCUT2D eigenvalue weighted by molar-refractivity contribution is 0.930. The van der Waals surface area contributed by atoms with Crippen molar-refractivity contribution in [3.63, 3.8) is 0 Å². The Labute approximate surface area is 265 Å². The minimum absolute atomic E-state index is 0.122. The highest BCUT2D eigenvalue weighted by atomic mass is 15.1. The van der Waals surface area contributed by atoms with Gasteiger partial charge in [-0.2, -0.15) is 0 Å². The predicted molar refractivity (Wildman–Crippen MR) is 197 cm³/mol. The van der Waals surface area contributed by atoms with E-state index in [9.17, 15) is 0 Å². The first-order valence-corrected chi connectivity index (χ1v) is 15.5. The van der Waals surface area contributed by atoms with Crippen LogP contribution in [0, 0.1) is 0 Å². The molecule has 2 aromatic heterocycles. The van der Waals surface area contributed by atoms with E-state index in [2.05, 4.69) is 160 Å². The van der Waals surface area contributed by atoms with Crippen LogP contribution in [0.25, 0.3) is 71.6 Å². The molecule has 0 saturated carbocycles. The van der Waals surface area contributed by atoms with E-state index in [-0.39, 0.29) is 5.11 Å². The normalized spacial score (nSPS) is 11.8. The number of para-hydroxylation sites is 2. The lowest BCUT2D eigenvalue weighted by atomic mass is 9.42. The highest BCUT2D eigenvalue weighted by molar-refractivity contribution is 6.58. The van der Waals surface area contributed by atoms with Crippen molar-refractivity contribution >= 4 is 56.1 Å². The van der Waals surface area contributed by atoms with Crippen molar-refractivity contribution in [1.82, 2.24) is 14.5 Å². The van der Waals surface area contributed by atoms with E-state index in [1.165, 1.54) is 43.8 Å². The summed E-state index contributed by atoms with van der Waals surface area (Å²) >= 11 is 0. The fraction of sp³-hybridized carbons (Fsp3) is 0.0256. The average molecular weight is 573 g/mol. The third-order valence-corrected chi connectivity index (χ3v) is 8.72. The standard InChI is InChI=1S/C39H30B3N3/c40-39(41,42)38-44-34-16-5-6-17-35(34)45(38)29-11-7-9-27(23-29)37-32-14-3-1-12-30(32)36(31-13-2-4-15-33(31)37)26-20-18-25(19-21-26)28-10-8-22-43-24-28/h1-24H,40-42H2. The Kier molecular flexibility index (Phi) is 6.46. The number of benzene rings is 6.